The Hall–Kier alpha value is -2.05. The maximum atomic E-state index is 12.3. The minimum Gasteiger partial charge on any atom is -0.359 e. The number of carbonyl (C=O) groups is 1. The van der Waals surface area contributed by atoms with E-state index in [0.717, 1.165) is 56.1 Å². The van der Waals surface area contributed by atoms with Crippen LogP contribution in [-0.2, 0) is 17.8 Å². The molecule has 2 rings (SSSR count). The SMILES string of the molecule is CCNC(=NCc1cc(CC)no1)NC1CCCC(C(=O)NC(C)C)C1. The maximum Gasteiger partial charge on any atom is 0.223 e. The van der Waals surface area contributed by atoms with Crippen LogP contribution in [0.5, 0.6) is 0 Å². The molecule has 7 nitrogen and oxygen atoms in total. The summed E-state index contributed by atoms with van der Waals surface area (Å²) in [5, 5.41) is 13.8. The van der Waals surface area contributed by atoms with Crippen molar-refractivity contribution in [2.75, 3.05) is 6.54 Å². The summed E-state index contributed by atoms with van der Waals surface area (Å²) >= 11 is 0. The summed E-state index contributed by atoms with van der Waals surface area (Å²) in [6.45, 7) is 9.32. The molecule has 0 bridgehead atoms. The van der Waals surface area contributed by atoms with E-state index in [0.29, 0.717) is 6.54 Å². The molecule has 1 saturated carbocycles. The Balaban J connectivity index is 1.92. The fourth-order valence-corrected chi connectivity index (χ4v) is 3.23. The maximum absolute atomic E-state index is 12.3. The molecule has 1 aliphatic carbocycles. The van der Waals surface area contributed by atoms with Crippen LogP contribution in [0.15, 0.2) is 15.6 Å². The topological polar surface area (TPSA) is 91.6 Å². The van der Waals surface area contributed by atoms with Gasteiger partial charge in [-0.3, -0.25) is 4.79 Å². The van der Waals surface area contributed by atoms with E-state index in [9.17, 15) is 4.79 Å². The van der Waals surface area contributed by atoms with Gasteiger partial charge in [-0.1, -0.05) is 18.5 Å². The lowest BCUT2D eigenvalue weighted by Crippen LogP contribution is -2.47. The molecular weight excluding hydrogens is 330 g/mol. The van der Waals surface area contributed by atoms with E-state index < -0.39 is 0 Å². The number of nitrogens with one attached hydrogen (secondary N) is 3. The van der Waals surface area contributed by atoms with E-state index in [2.05, 4.69) is 26.1 Å². The highest BCUT2D eigenvalue weighted by Gasteiger charge is 2.28. The number of nitrogens with zero attached hydrogens (tertiary/aromatic N) is 2. The molecule has 0 aromatic carbocycles. The Morgan fingerprint density at radius 2 is 2.19 bits per heavy atom. The van der Waals surface area contributed by atoms with Gasteiger partial charge in [0, 0.05) is 30.6 Å². The Morgan fingerprint density at radius 3 is 2.85 bits per heavy atom. The van der Waals surface area contributed by atoms with Crippen LogP contribution in [-0.4, -0.2) is 35.7 Å². The first-order valence-electron chi connectivity index (χ1n) is 9.81. The van der Waals surface area contributed by atoms with Gasteiger partial charge in [0.1, 0.15) is 6.54 Å². The molecular formula is C19H33N5O2. The van der Waals surface area contributed by atoms with Gasteiger partial charge in [-0.15, -0.1) is 0 Å². The molecule has 0 aliphatic heterocycles. The van der Waals surface area contributed by atoms with Crippen LogP contribution in [0.1, 0.15) is 64.8 Å². The molecule has 3 N–H and O–H groups in total. The number of aryl methyl sites for hydroxylation is 1. The number of guanidine groups is 1. The first kappa shape index (κ1) is 20.3. The molecule has 0 spiro atoms. The fraction of sp³-hybridized carbons (Fsp3) is 0.737. The van der Waals surface area contributed by atoms with Crippen molar-refractivity contribution in [1.29, 1.82) is 0 Å². The number of aliphatic imine (C=N–C) groups is 1. The van der Waals surface area contributed by atoms with Crippen LogP contribution in [0.2, 0.25) is 0 Å². The Bertz CT molecular complexity index is 597. The molecule has 1 fully saturated rings. The van der Waals surface area contributed by atoms with Gasteiger partial charge >= 0.3 is 0 Å². The van der Waals surface area contributed by atoms with E-state index in [1.54, 1.807) is 0 Å². The number of hydrogen-bond donors (Lipinski definition) is 3. The average molecular weight is 364 g/mol. The third-order valence-corrected chi connectivity index (χ3v) is 4.52. The monoisotopic (exact) mass is 363 g/mol. The molecule has 0 saturated heterocycles. The quantitative estimate of drug-likeness (QED) is 0.511. The Morgan fingerprint density at radius 1 is 1.38 bits per heavy atom. The first-order valence-corrected chi connectivity index (χ1v) is 9.81. The number of rotatable bonds is 7. The Labute approximate surface area is 156 Å². The van der Waals surface area contributed by atoms with Crippen LogP contribution < -0.4 is 16.0 Å². The van der Waals surface area contributed by atoms with Gasteiger partial charge in [0.05, 0.1) is 5.69 Å². The molecule has 146 valence electrons. The first-order chi connectivity index (χ1) is 12.5. The number of aromatic nitrogens is 1. The summed E-state index contributed by atoms with van der Waals surface area (Å²) in [7, 11) is 0. The number of amides is 1. The molecule has 1 aliphatic rings. The van der Waals surface area contributed by atoms with Crippen molar-refractivity contribution >= 4 is 11.9 Å². The number of hydrogen-bond acceptors (Lipinski definition) is 4. The van der Waals surface area contributed by atoms with E-state index in [4.69, 9.17) is 4.52 Å². The summed E-state index contributed by atoms with van der Waals surface area (Å²) in [6, 6.07) is 2.38. The summed E-state index contributed by atoms with van der Waals surface area (Å²) in [5.41, 5.74) is 0.944. The van der Waals surface area contributed by atoms with Crippen molar-refractivity contribution in [3.63, 3.8) is 0 Å². The van der Waals surface area contributed by atoms with Gasteiger partial charge in [0.15, 0.2) is 11.7 Å². The summed E-state index contributed by atoms with van der Waals surface area (Å²) in [5.74, 6) is 1.77. The van der Waals surface area contributed by atoms with Gasteiger partial charge in [-0.05, 0) is 46.5 Å². The lowest BCUT2D eigenvalue weighted by Gasteiger charge is -2.30. The van der Waals surface area contributed by atoms with Crippen LogP contribution >= 0.6 is 0 Å². The number of carbonyl (C=O) groups excluding carboxylic acids is 1. The van der Waals surface area contributed by atoms with Gasteiger partial charge < -0.3 is 20.5 Å². The lowest BCUT2D eigenvalue weighted by molar-refractivity contribution is -0.126. The molecule has 2 unspecified atom stereocenters. The molecule has 2 atom stereocenters. The van der Waals surface area contributed by atoms with Crippen LogP contribution in [0.4, 0.5) is 0 Å². The molecule has 1 aromatic rings. The smallest absolute Gasteiger partial charge is 0.223 e. The van der Waals surface area contributed by atoms with Gasteiger partial charge in [0.25, 0.3) is 0 Å². The van der Waals surface area contributed by atoms with Crippen molar-refractivity contribution in [2.45, 2.75) is 78.4 Å². The zero-order chi connectivity index (χ0) is 18.9. The van der Waals surface area contributed by atoms with Crippen molar-refractivity contribution in [3.8, 4) is 0 Å². The second-order valence-corrected chi connectivity index (χ2v) is 7.20. The Kier molecular flexibility index (Phi) is 7.94. The fourth-order valence-electron chi connectivity index (χ4n) is 3.23. The standard InChI is InChI=1S/C19H33N5O2/c1-5-15-11-17(26-24-15)12-21-19(20-6-2)23-16-9-7-8-14(10-16)18(25)22-13(3)4/h11,13-14,16H,5-10,12H2,1-4H3,(H,22,25)(H2,20,21,23). The zero-order valence-electron chi connectivity index (χ0n) is 16.5. The van der Waals surface area contributed by atoms with Crippen molar-refractivity contribution < 1.29 is 9.32 Å². The molecule has 0 radical (unpaired) electrons. The van der Waals surface area contributed by atoms with Crippen LogP contribution in [0.25, 0.3) is 0 Å². The second-order valence-electron chi connectivity index (χ2n) is 7.20. The highest BCUT2D eigenvalue weighted by Crippen LogP contribution is 2.24. The lowest BCUT2D eigenvalue weighted by atomic mass is 9.85. The zero-order valence-corrected chi connectivity index (χ0v) is 16.5. The highest BCUT2D eigenvalue weighted by molar-refractivity contribution is 5.81. The summed E-state index contributed by atoms with van der Waals surface area (Å²) < 4.78 is 5.29. The van der Waals surface area contributed by atoms with E-state index in [-0.39, 0.29) is 23.9 Å². The molecule has 7 heteroatoms. The predicted molar refractivity (Wildman–Crippen MR) is 103 cm³/mol. The highest BCUT2D eigenvalue weighted by atomic mass is 16.5. The normalized spacial score (nSPS) is 20.9. The minimum atomic E-state index is 0.0768. The van der Waals surface area contributed by atoms with Crippen molar-refractivity contribution in [2.24, 2.45) is 10.9 Å². The van der Waals surface area contributed by atoms with Crippen LogP contribution in [0, 0.1) is 5.92 Å². The van der Waals surface area contributed by atoms with E-state index in [1.165, 1.54) is 0 Å². The van der Waals surface area contributed by atoms with Gasteiger partial charge in [-0.2, -0.15) is 0 Å². The second kappa shape index (κ2) is 10.2. The van der Waals surface area contributed by atoms with Crippen LogP contribution in [0.3, 0.4) is 0 Å². The predicted octanol–water partition coefficient (Wildman–Crippen LogP) is 2.38. The summed E-state index contributed by atoms with van der Waals surface area (Å²) in [4.78, 5) is 16.9. The van der Waals surface area contributed by atoms with Gasteiger partial charge in [-0.25, -0.2) is 4.99 Å². The van der Waals surface area contributed by atoms with E-state index in [1.807, 2.05) is 33.8 Å². The third-order valence-electron chi connectivity index (χ3n) is 4.52. The molecule has 26 heavy (non-hydrogen) atoms. The largest absolute Gasteiger partial charge is 0.359 e. The molecule has 1 aromatic heterocycles. The summed E-state index contributed by atoms with van der Waals surface area (Å²) in [6.07, 6.45) is 4.76. The molecule has 1 heterocycles. The van der Waals surface area contributed by atoms with Crippen molar-refractivity contribution in [1.82, 2.24) is 21.1 Å². The van der Waals surface area contributed by atoms with E-state index >= 15 is 0 Å². The average Bonchev–Trinajstić information content (AvgIpc) is 3.08. The third kappa shape index (κ3) is 6.35. The van der Waals surface area contributed by atoms with Crippen molar-refractivity contribution in [3.05, 3.63) is 17.5 Å². The van der Waals surface area contributed by atoms with Gasteiger partial charge in [0.2, 0.25) is 5.91 Å². The molecule has 1 amide bonds. The minimum absolute atomic E-state index is 0.0768.